The monoisotopic (exact) mass is 475 g/mol. The van der Waals surface area contributed by atoms with Gasteiger partial charge in [-0.15, -0.1) is 5.10 Å². The van der Waals surface area contributed by atoms with Gasteiger partial charge < -0.3 is 10.1 Å². The minimum Gasteiger partial charge on any atom is -0.492 e. The van der Waals surface area contributed by atoms with E-state index in [0.29, 0.717) is 5.95 Å². The molecule has 3 aromatic carbocycles. The summed E-state index contributed by atoms with van der Waals surface area (Å²) in [5.74, 6) is 1.44. The Morgan fingerprint density at radius 1 is 0.722 bits per heavy atom. The molecule has 36 heavy (non-hydrogen) atoms. The van der Waals surface area contributed by atoms with Crippen LogP contribution in [-0.2, 0) is 0 Å². The van der Waals surface area contributed by atoms with E-state index in [1.165, 1.54) is 37.1 Å². The molecule has 6 rings (SSSR count). The van der Waals surface area contributed by atoms with Gasteiger partial charge in [0.05, 0.1) is 5.69 Å². The van der Waals surface area contributed by atoms with Gasteiger partial charge in [0.2, 0.25) is 5.95 Å². The molecule has 1 aliphatic rings. The lowest BCUT2D eigenvalue weighted by molar-refractivity contribution is 0.238. The number of nitrogens with zero attached hydrogens (tertiary/aromatic N) is 4. The van der Waals surface area contributed by atoms with Crippen LogP contribution in [0.15, 0.2) is 97.1 Å². The van der Waals surface area contributed by atoms with Gasteiger partial charge in [0.25, 0.3) is 0 Å². The van der Waals surface area contributed by atoms with E-state index < -0.39 is 0 Å². The first kappa shape index (κ1) is 22.3. The average Bonchev–Trinajstić information content (AvgIpc) is 3.60. The van der Waals surface area contributed by atoms with Gasteiger partial charge in [0.15, 0.2) is 5.65 Å². The third-order valence-electron chi connectivity index (χ3n) is 6.63. The van der Waals surface area contributed by atoms with Gasteiger partial charge in [-0.25, -0.2) is 4.52 Å². The molecule has 0 bridgehead atoms. The zero-order valence-electron chi connectivity index (χ0n) is 20.2. The van der Waals surface area contributed by atoms with Gasteiger partial charge in [-0.05, 0) is 73.5 Å². The van der Waals surface area contributed by atoms with Crippen molar-refractivity contribution in [1.29, 1.82) is 0 Å². The molecule has 2 aromatic heterocycles. The van der Waals surface area contributed by atoms with Crippen LogP contribution in [0.5, 0.6) is 5.75 Å². The summed E-state index contributed by atoms with van der Waals surface area (Å²) in [5, 5.41) is 8.06. The van der Waals surface area contributed by atoms with Crippen molar-refractivity contribution in [2.45, 2.75) is 12.8 Å². The molecule has 180 valence electrons. The van der Waals surface area contributed by atoms with Crippen molar-refractivity contribution < 1.29 is 4.74 Å². The summed E-state index contributed by atoms with van der Waals surface area (Å²) in [5.41, 5.74) is 6.20. The normalized spacial score (nSPS) is 13.8. The smallest absolute Gasteiger partial charge is 0.247 e. The Morgan fingerprint density at radius 2 is 1.44 bits per heavy atom. The van der Waals surface area contributed by atoms with Crippen molar-refractivity contribution in [3.8, 4) is 28.1 Å². The standard InChI is InChI=1S/C30H29N5O/c1-2-7-23(8-3-1)24-11-13-25(14-12-24)28-9-6-10-29-32-30(33-35(28)29)31-26-15-17-27(18-16-26)36-22-21-34-19-4-5-20-34/h1-3,6-18H,4-5,19-22H2,(H,31,33). The molecule has 0 atom stereocenters. The first-order valence-electron chi connectivity index (χ1n) is 12.6. The van der Waals surface area contributed by atoms with E-state index in [1.807, 2.05) is 47.0 Å². The molecule has 6 nitrogen and oxygen atoms in total. The first-order valence-corrected chi connectivity index (χ1v) is 12.6. The predicted octanol–water partition coefficient (Wildman–Crippen LogP) is 6.28. The number of hydrogen-bond donors (Lipinski definition) is 1. The van der Waals surface area contributed by atoms with Gasteiger partial charge in [0, 0.05) is 17.8 Å². The number of ether oxygens (including phenoxy) is 1. The largest absolute Gasteiger partial charge is 0.492 e. The van der Waals surface area contributed by atoms with E-state index in [9.17, 15) is 0 Å². The predicted molar refractivity (Wildman–Crippen MR) is 145 cm³/mol. The Morgan fingerprint density at radius 3 is 2.22 bits per heavy atom. The lowest BCUT2D eigenvalue weighted by Crippen LogP contribution is -2.25. The van der Waals surface area contributed by atoms with Gasteiger partial charge in [-0.3, -0.25) is 4.90 Å². The average molecular weight is 476 g/mol. The van der Waals surface area contributed by atoms with Crippen LogP contribution >= 0.6 is 0 Å². The highest BCUT2D eigenvalue weighted by Crippen LogP contribution is 2.26. The van der Waals surface area contributed by atoms with E-state index in [1.54, 1.807) is 0 Å². The number of aromatic nitrogens is 3. The Labute approximate surface area is 211 Å². The van der Waals surface area contributed by atoms with Crippen LogP contribution in [0.3, 0.4) is 0 Å². The van der Waals surface area contributed by atoms with Gasteiger partial charge in [0.1, 0.15) is 12.4 Å². The Kier molecular flexibility index (Phi) is 6.33. The number of pyridine rings is 1. The molecule has 6 heteroatoms. The highest BCUT2D eigenvalue weighted by molar-refractivity contribution is 5.70. The molecule has 1 saturated heterocycles. The topological polar surface area (TPSA) is 54.7 Å². The second-order valence-corrected chi connectivity index (χ2v) is 9.11. The number of rotatable bonds is 8. The molecule has 0 unspecified atom stereocenters. The first-order chi connectivity index (χ1) is 17.8. The summed E-state index contributed by atoms with van der Waals surface area (Å²) in [4.78, 5) is 7.13. The van der Waals surface area contributed by atoms with E-state index in [2.05, 4.69) is 69.8 Å². The molecule has 0 spiro atoms. The number of benzene rings is 3. The number of anilines is 2. The lowest BCUT2D eigenvalue weighted by Gasteiger charge is -2.15. The lowest BCUT2D eigenvalue weighted by atomic mass is 10.0. The zero-order valence-corrected chi connectivity index (χ0v) is 20.2. The fraction of sp³-hybridized carbons (Fsp3) is 0.200. The summed E-state index contributed by atoms with van der Waals surface area (Å²) in [6.07, 6.45) is 2.61. The summed E-state index contributed by atoms with van der Waals surface area (Å²) in [6, 6.07) is 33.0. The third-order valence-corrected chi connectivity index (χ3v) is 6.63. The number of hydrogen-bond acceptors (Lipinski definition) is 5. The minimum atomic E-state index is 0.561. The highest BCUT2D eigenvalue weighted by Gasteiger charge is 2.12. The minimum absolute atomic E-state index is 0.561. The summed E-state index contributed by atoms with van der Waals surface area (Å²) >= 11 is 0. The molecule has 1 aliphatic heterocycles. The third kappa shape index (κ3) is 4.95. The van der Waals surface area contributed by atoms with Crippen LogP contribution in [0.1, 0.15) is 12.8 Å². The van der Waals surface area contributed by atoms with Crippen LogP contribution in [0, 0.1) is 0 Å². The summed E-state index contributed by atoms with van der Waals surface area (Å²) < 4.78 is 7.80. The van der Waals surface area contributed by atoms with Crippen LogP contribution in [0.25, 0.3) is 28.0 Å². The van der Waals surface area contributed by atoms with Gasteiger partial charge >= 0.3 is 0 Å². The molecule has 0 aliphatic carbocycles. The van der Waals surface area contributed by atoms with Gasteiger partial charge in [-0.1, -0.05) is 60.7 Å². The summed E-state index contributed by atoms with van der Waals surface area (Å²) in [7, 11) is 0. The Balaban J connectivity index is 1.15. The molecule has 0 saturated carbocycles. The van der Waals surface area contributed by atoms with E-state index in [4.69, 9.17) is 9.84 Å². The molecular weight excluding hydrogens is 446 g/mol. The van der Waals surface area contributed by atoms with E-state index >= 15 is 0 Å². The number of likely N-dealkylation sites (tertiary alicyclic amines) is 1. The number of fused-ring (bicyclic) bond motifs is 1. The SMILES string of the molecule is c1ccc(-c2ccc(-c3cccc4nc(Nc5ccc(OCCN6CCCC6)cc5)nn34)cc2)cc1. The Bertz CT molecular complexity index is 1420. The van der Waals surface area contributed by atoms with Crippen molar-refractivity contribution in [3.63, 3.8) is 0 Å². The maximum absolute atomic E-state index is 5.92. The van der Waals surface area contributed by atoms with Crippen molar-refractivity contribution in [3.05, 3.63) is 97.1 Å². The zero-order chi connectivity index (χ0) is 24.2. The van der Waals surface area contributed by atoms with Crippen molar-refractivity contribution in [1.82, 2.24) is 19.5 Å². The second-order valence-electron chi connectivity index (χ2n) is 9.11. The van der Waals surface area contributed by atoms with Gasteiger partial charge in [-0.2, -0.15) is 4.98 Å². The molecule has 1 N–H and O–H groups in total. The van der Waals surface area contributed by atoms with Crippen molar-refractivity contribution in [2.24, 2.45) is 0 Å². The molecule has 0 amide bonds. The van der Waals surface area contributed by atoms with Crippen molar-refractivity contribution in [2.75, 3.05) is 31.6 Å². The van der Waals surface area contributed by atoms with E-state index in [0.717, 1.165) is 41.5 Å². The fourth-order valence-electron chi connectivity index (χ4n) is 4.70. The van der Waals surface area contributed by atoms with Crippen LogP contribution < -0.4 is 10.1 Å². The second kappa shape index (κ2) is 10.2. The molecular formula is C30H29N5O. The molecule has 5 aromatic rings. The maximum Gasteiger partial charge on any atom is 0.247 e. The maximum atomic E-state index is 5.92. The Hall–Kier alpha value is -4.16. The quantitative estimate of drug-likeness (QED) is 0.286. The highest BCUT2D eigenvalue weighted by atomic mass is 16.5. The summed E-state index contributed by atoms with van der Waals surface area (Å²) in [6.45, 7) is 4.09. The molecule has 3 heterocycles. The molecule has 0 radical (unpaired) electrons. The van der Waals surface area contributed by atoms with Crippen molar-refractivity contribution >= 4 is 17.3 Å². The van der Waals surface area contributed by atoms with Crippen LogP contribution in [0.4, 0.5) is 11.6 Å². The molecule has 1 fully saturated rings. The van der Waals surface area contributed by atoms with E-state index in [-0.39, 0.29) is 0 Å². The number of nitrogens with one attached hydrogen (secondary N) is 1. The fourth-order valence-corrected chi connectivity index (χ4v) is 4.70. The van der Waals surface area contributed by atoms with Crippen LogP contribution in [-0.4, -0.2) is 45.7 Å². The van der Waals surface area contributed by atoms with Crippen LogP contribution in [0.2, 0.25) is 0 Å².